The number of azo groups is 1. The van der Waals surface area contributed by atoms with Crippen LogP contribution in [0.2, 0.25) is 0 Å². The molecular weight excluding hydrogens is 530 g/mol. The molecule has 0 saturated heterocycles. The molecule has 208 valence electrons. The minimum absolute atomic E-state index is 0.0521. The molecule has 39 heavy (non-hydrogen) atoms. The Morgan fingerprint density at radius 2 is 1.97 bits per heavy atom. The van der Waals surface area contributed by atoms with Crippen LogP contribution in [0.4, 0.5) is 28.4 Å². The number of rotatable bonds is 13. The molecule has 0 saturated carbocycles. The van der Waals surface area contributed by atoms with Crippen LogP contribution in [0.3, 0.4) is 0 Å². The van der Waals surface area contributed by atoms with Gasteiger partial charge in [0.2, 0.25) is 17.9 Å². The number of sulfonamides is 1. The number of methoxy groups -OCH3 is 1. The number of nitrogens with zero attached hydrogens (tertiary/aromatic N) is 5. The van der Waals surface area contributed by atoms with Crippen molar-refractivity contribution >= 4 is 56.4 Å². The van der Waals surface area contributed by atoms with E-state index in [9.17, 15) is 28.1 Å². The zero-order valence-corrected chi connectivity index (χ0v) is 22.8. The van der Waals surface area contributed by atoms with Crippen molar-refractivity contribution in [3.05, 3.63) is 52.1 Å². The first kappa shape index (κ1) is 29.6. The zero-order chi connectivity index (χ0) is 28.8. The number of quaternary nitrogens is 1. The Kier molecular flexibility index (Phi) is 9.34. The molecule has 0 aliphatic carbocycles. The van der Waals surface area contributed by atoms with Gasteiger partial charge in [-0.1, -0.05) is 6.07 Å². The van der Waals surface area contributed by atoms with Crippen LogP contribution >= 0.6 is 0 Å². The van der Waals surface area contributed by atoms with E-state index in [2.05, 4.69) is 25.3 Å². The van der Waals surface area contributed by atoms with E-state index >= 15 is 0 Å². The number of nitrogens with one attached hydrogen (secondary N) is 2. The van der Waals surface area contributed by atoms with Gasteiger partial charge < -0.3 is 10.1 Å². The first-order valence-electron chi connectivity index (χ1n) is 12.0. The fourth-order valence-corrected chi connectivity index (χ4v) is 5.39. The van der Waals surface area contributed by atoms with Crippen molar-refractivity contribution in [3.8, 4) is 0 Å². The molecule has 2 N–H and O–H groups in total. The summed E-state index contributed by atoms with van der Waals surface area (Å²) in [4.78, 5) is 39.4. The molecule has 0 radical (unpaired) electrons. The Balaban J connectivity index is 1.84. The largest absolute Gasteiger partial charge is 0.351 e. The van der Waals surface area contributed by atoms with E-state index in [1.54, 1.807) is 38.1 Å². The number of Topliss-reactive ketones (excluding diaryl/α,β-unsaturated/α-hetero) is 1. The van der Waals surface area contributed by atoms with Crippen LogP contribution in [0.1, 0.15) is 19.4 Å². The summed E-state index contributed by atoms with van der Waals surface area (Å²) >= 11 is 0. The van der Waals surface area contributed by atoms with Gasteiger partial charge in [0.25, 0.3) is 10.0 Å². The highest BCUT2D eigenvalue weighted by Gasteiger charge is 2.34. The van der Waals surface area contributed by atoms with Gasteiger partial charge in [0.1, 0.15) is 5.69 Å². The van der Waals surface area contributed by atoms with Gasteiger partial charge in [-0.3, -0.25) is 29.2 Å². The first-order valence-corrected chi connectivity index (χ1v) is 13.6. The molecule has 2 aromatic rings. The van der Waals surface area contributed by atoms with E-state index in [1.807, 2.05) is 0 Å². The number of nitro groups is 1. The number of hydrogen-bond acceptors (Lipinski definition) is 10. The van der Waals surface area contributed by atoms with Gasteiger partial charge in [0, 0.05) is 18.9 Å². The number of carbonyl (C=O) groups excluding carboxylic acids is 2. The van der Waals surface area contributed by atoms with Crippen molar-refractivity contribution in [2.45, 2.75) is 26.5 Å². The number of ether oxygens (including phenoxy) is 1. The third-order valence-corrected chi connectivity index (χ3v) is 7.89. The van der Waals surface area contributed by atoms with Crippen LogP contribution < -0.4 is 14.5 Å². The van der Waals surface area contributed by atoms with Crippen LogP contribution in [0, 0.1) is 10.1 Å². The highest BCUT2D eigenvalue weighted by atomic mass is 32.2. The van der Waals surface area contributed by atoms with Crippen molar-refractivity contribution in [1.82, 2.24) is 9.21 Å². The number of aliphatic imine (C=N–C) groups is 1. The summed E-state index contributed by atoms with van der Waals surface area (Å²) in [6.07, 6.45) is -0.132. The monoisotopic (exact) mass is 560 g/mol. The Hall–Kier alpha value is -3.92. The quantitative estimate of drug-likeness (QED) is 0.124. The second kappa shape index (κ2) is 12.3. The number of ketones is 1. The lowest BCUT2D eigenvalue weighted by Gasteiger charge is -2.35. The lowest BCUT2D eigenvalue weighted by molar-refractivity contribution is -0.384. The lowest BCUT2D eigenvalue weighted by atomic mass is 10.1. The van der Waals surface area contributed by atoms with Crippen molar-refractivity contribution in [3.63, 3.8) is 0 Å². The molecule has 0 fully saturated rings. The standard InChI is InChI=1S/C24H29N7O7S/c1-5-31(6-2,15-39(36,37)25-3)18-9-10-19(21(13-18)30(34)35)28-29-24(38-4)22(32)14-26-17-8-7-16-11-23(33)27-20(16)12-17/h7-10,12-14,24-25H,5-6,11,15H2,1-4H3/p+1. The summed E-state index contributed by atoms with van der Waals surface area (Å²) in [5.74, 6) is -1.08. The summed E-state index contributed by atoms with van der Waals surface area (Å²) in [6.45, 7) is 4.32. The van der Waals surface area contributed by atoms with Crippen LogP contribution in [0.25, 0.3) is 0 Å². The summed E-state index contributed by atoms with van der Waals surface area (Å²) in [5.41, 5.74) is 1.76. The van der Waals surface area contributed by atoms with Crippen LogP contribution in [-0.4, -0.2) is 70.6 Å². The molecule has 1 aliphatic rings. The average Bonchev–Trinajstić information content (AvgIpc) is 3.30. The summed E-state index contributed by atoms with van der Waals surface area (Å²) in [5, 5.41) is 22.3. The Labute approximate surface area is 225 Å². The van der Waals surface area contributed by atoms with Crippen molar-refractivity contribution in [1.29, 1.82) is 0 Å². The normalized spacial score (nSPS) is 14.5. The second-order valence-corrected chi connectivity index (χ2v) is 10.6. The molecule has 0 aromatic heterocycles. The number of nitro benzene ring substituents is 1. The SMILES string of the molecule is CC[N+](CC)(CS(=O)(=O)NC)c1ccc(N=NC(OC)C(=O)C=Nc2ccc3c(c2)NC(=O)C3)c([N+](=O)[O-])c1. The third kappa shape index (κ3) is 6.94. The van der Waals surface area contributed by atoms with Crippen molar-refractivity contribution in [2.75, 3.05) is 38.4 Å². The van der Waals surface area contributed by atoms with Gasteiger partial charge in [0.15, 0.2) is 11.6 Å². The van der Waals surface area contributed by atoms with Crippen molar-refractivity contribution in [2.24, 2.45) is 15.2 Å². The highest BCUT2D eigenvalue weighted by Crippen LogP contribution is 2.35. The maximum absolute atomic E-state index is 12.6. The van der Waals surface area contributed by atoms with Crippen LogP contribution in [-0.2, 0) is 30.8 Å². The van der Waals surface area contributed by atoms with Crippen LogP contribution in [0.5, 0.6) is 0 Å². The van der Waals surface area contributed by atoms with E-state index in [0.29, 0.717) is 30.2 Å². The molecule has 1 atom stereocenters. The maximum Gasteiger partial charge on any atom is 0.302 e. The molecule has 1 amide bonds. The average molecular weight is 561 g/mol. The second-order valence-electron chi connectivity index (χ2n) is 8.69. The highest BCUT2D eigenvalue weighted by molar-refractivity contribution is 7.89. The molecule has 0 bridgehead atoms. The maximum atomic E-state index is 12.6. The molecular formula is C24H30N7O7S+. The van der Waals surface area contributed by atoms with Gasteiger partial charge in [0.05, 0.1) is 42.4 Å². The molecule has 15 heteroatoms. The molecule has 1 unspecified atom stereocenters. The van der Waals surface area contributed by atoms with E-state index < -0.39 is 32.6 Å². The molecule has 1 heterocycles. The Bertz CT molecular complexity index is 1440. The fraction of sp³-hybridized carbons (Fsp3) is 0.375. The van der Waals surface area contributed by atoms with E-state index in [4.69, 9.17) is 4.74 Å². The topological polar surface area (TPSA) is 182 Å². The summed E-state index contributed by atoms with van der Waals surface area (Å²) < 4.78 is 31.9. The molecule has 2 aromatic carbocycles. The van der Waals surface area contributed by atoms with Crippen LogP contribution in [0.15, 0.2) is 51.6 Å². The zero-order valence-electron chi connectivity index (χ0n) is 21.9. The van der Waals surface area contributed by atoms with Gasteiger partial charge in [-0.15, -0.1) is 10.2 Å². The van der Waals surface area contributed by atoms with E-state index in [0.717, 1.165) is 11.8 Å². The predicted molar refractivity (Wildman–Crippen MR) is 146 cm³/mol. The summed E-state index contributed by atoms with van der Waals surface area (Å²) in [7, 11) is -1.09. The number of hydrogen-bond donors (Lipinski definition) is 2. The van der Waals surface area contributed by atoms with Crippen molar-refractivity contribution < 1.29 is 27.7 Å². The molecule has 0 spiro atoms. The molecule has 1 aliphatic heterocycles. The first-order chi connectivity index (χ1) is 18.5. The molecule has 14 nitrogen and oxygen atoms in total. The van der Waals surface area contributed by atoms with Gasteiger partial charge in [-0.25, -0.2) is 13.1 Å². The number of fused-ring (bicyclic) bond motifs is 1. The lowest BCUT2D eigenvalue weighted by Crippen LogP contribution is -2.54. The predicted octanol–water partition coefficient (Wildman–Crippen LogP) is 2.97. The number of anilines is 1. The minimum Gasteiger partial charge on any atom is -0.351 e. The smallest absolute Gasteiger partial charge is 0.302 e. The number of carbonyl (C=O) groups is 2. The number of benzene rings is 2. The Morgan fingerprint density at radius 1 is 1.26 bits per heavy atom. The third-order valence-electron chi connectivity index (χ3n) is 6.44. The fourth-order valence-electron chi connectivity index (χ4n) is 4.09. The van der Waals surface area contributed by atoms with Gasteiger partial charge in [-0.2, -0.15) is 0 Å². The summed E-state index contributed by atoms with van der Waals surface area (Å²) in [6, 6.07) is 9.20. The van der Waals surface area contributed by atoms with Gasteiger partial charge in [-0.05, 0) is 44.7 Å². The minimum atomic E-state index is -3.63. The van der Waals surface area contributed by atoms with E-state index in [1.165, 1.54) is 26.3 Å². The Morgan fingerprint density at radius 3 is 2.59 bits per heavy atom. The van der Waals surface area contributed by atoms with Gasteiger partial charge >= 0.3 is 5.69 Å². The molecule has 3 rings (SSSR count). The van der Waals surface area contributed by atoms with E-state index in [-0.39, 0.29) is 28.4 Å². The number of amides is 1.